The van der Waals surface area contributed by atoms with E-state index in [-0.39, 0.29) is 12.4 Å². The minimum atomic E-state index is -0.647. The highest BCUT2D eigenvalue weighted by molar-refractivity contribution is 6.02. The molecule has 0 fully saturated rings. The van der Waals surface area contributed by atoms with Crippen molar-refractivity contribution >= 4 is 5.78 Å². The van der Waals surface area contributed by atoms with Gasteiger partial charge in [0.25, 0.3) is 0 Å². The molecular formula is C13H19NO3. The predicted octanol–water partition coefficient (Wildman–Crippen LogP) is 1.63. The first-order valence-electron chi connectivity index (χ1n) is 5.71. The largest absolute Gasteiger partial charge is 0.493 e. The molecule has 4 nitrogen and oxygen atoms in total. The first-order valence-corrected chi connectivity index (χ1v) is 5.71. The molecule has 1 rings (SSSR count). The zero-order valence-corrected chi connectivity index (χ0v) is 10.3. The van der Waals surface area contributed by atoms with Crippen molar-refractivity contribution in [2.75, 3.05) is 20.3 Å². The lowest BCUT2D eigenvalue weighted by molar-refractivity contribution is 0.0888. The molecule has 17 heavy (non-hydrogen) atoms. The molecule has 2 N–H and O–H groups in total. The number of hydrogen-bond donors (Lipinski definition) is 1. The van der Waals surface area contributed by atoms with Crippen molar-refractivity contribution in [1.29, 1.82) is 0 Å². The Balaban J connectivity index is 2.84. The number of ether oxygens (including phenoxy) is 2. The highest BCUT2D eigenvalue weighted by atomic mass is 16.5. The van der Waals surface area contributed by atoms with Gasteiger partial charge in [0.2, 0.25) is 0 Å². The van der Waals surface area contributed by atoms with Crippen LogP contribution < -0.4 is 10.5 Å². The highest BCUT2D eigenvalue weighted by Gasteiger charge is 2.19. The maximum atomic E-state index is 12.0. The minimum absolute atomic E-state index is 0.154. The Bertz CT molecular complexity index is 365. The normalized spacial score (nSPS) is 12.2. The average Bonchev–Trinajstić information content (AvgIpc) is 2.36. The third-order valence-electron chi connectivity index (χ3n) is 2.30. The number of para-hydroxylation sites is 1. The number of hydrogen-bond acceptors (Lipinski definition) is 4. The summed E-state index contributed by atoms with van der Waals surface area (Å²) in [6.07, 6.45) is 0.895. The lowest BCUT2D eigenvalue weighted by Gasteiger charge is -2.13. The van der Waals surface area contributed by atoms with E-state index in [0.29, 0.717) is 17.9 Å². The van der Waals surface area contributed by atoms with Gasteiger partial charge >= 0.3 is 0 Å². The van der Waals surface area contributed by atoms with Crippen LogP contribution >= 0.6 is 0 Å². The standard InChI is InChI=1S/C13H19NO3/c1-3-8-17-12-7-5-4-6-10(12)13(15)11(14)9-16-2/h4-7,11H,3,8-9,14H2,1-2H3. The van der Waals surface area contributed by atoms with Gasteiger partial charge in [-0.15, -0.1) is 0 Å². The smallest absolute Gasteiger partial charge is 0.185 e. The quantitative estimate of drug-likeness (QED) is 0.732. The van der Waals surface area contributed by atoms with Crippen molar-refractivity contribution < 1.29 is 14.3 Å². The molecule has 0 aliphatic carbocycles. The van der Waals surface area contributed by atoms with Crippen LogP contribution in [0.2, 0.25) is 0 Å². The van der Waals surface area contributed by atoms with Crippen LogP contribution in [-0.4, -0.2) is 32.1 Å². The number of rotatable bonds is 7. The van der Waals surface area contributed by atoms with Gasteiger partial charge in [0.1, 0.15) is 5.75 Å². The van der Waals surface area contributed by atoms with Crippen molar-refractivity contribution in [2.45, 2.75) is 19.4 Å². The number of benzene rings is 1. The lowest BCUT2D eigenvalue weighted by atomic mass is 10.0. The average molecular weight is 237 g/mol. The van der Waals surface area contributed by atoms with E-state index in [2.05, 4.69) is 0 Å². The van der Waals surface area contributed by atoms with Gasteiger partial charge < -0.3 is 15.2 Å². The van der Waals surface area contributed by atoms with Crippen LogP contribution in [0.5, 0.6) is 5.75 Å². The second-order valence-corrected chi connectivity index (χ2v) is 3.77. The maximum absolute atomic E-state index is 12.0. The number of Topliss-reactive ketones (excluding diaryl/α,β-unsaturated/α-hetero) is 1. The second-order valence-electron chi connectivity index (χ2n) is 3.77. The van der Waals surface area contributed by atoms with E-state index in [1.54, 1.807) is 18.2 Å². The molecule has 4 heteroatoms. The summed E-state index contributed by atoms with van der Waals surface area (Å²) in [7, 11) is 1.52. The molecular weight excluding hydrogens is 218 g/mol. The summed E-state index contributed by atoms with van der Waals surface area (Å²) in [4.78, 5) is 12.0. The van der Waals surface area contributed by atoms with Crippen LogP contribution in [0.3, 0.4) is 0 Å². The molecule has 0 amide bonds. The molecule has 0 radical (unpaired) electrons. The number of nitrogens with two attached hydrogens (primary N) is 1. The summed E-state index contributed by atoms with van der Waals surface area (Å²) >= 11 is 0. The molecule has 0 aliphatic heterocycles. The molecule has 0 saturated heterocycles. The Morgan fingerprint density at radius 2 is 2.12 bits per heavy atom. The maximum Gasteiger partial charge on any atom is 0.185 e. The molecule has 94 valence electrons. The van der Waals surface area contributed by atoms with E-state index in [0.717, 1.165) is 6.42 Å². The third-order valence-corrected chi connectivity index (χ3v) is 2.30. The van der Waals surface area contributed by atoms with E-state index in [4.69, 9.17) is 15.2 Å². The van der Waals surface area contributed by atoms with Gasteiger partial charge in [-0.2, -0.15) is 0 Å². The van der Waals surface area contributed by atoms with Gasteiger partial charge in [0, 0.05) is 7.11 Å². The molecule has 0 aliphatic rings. The molecule has 0 heterocycles. The third kappa shape index (κ3) is 3.84. The van der Waals surface area contributed by atoms with Gasteiger partial charge in [-0.25, -0.2) is 0 Å². The van der Waals surface area contributed by atoms with E-state index >= 15 is 0 Å². The Hall–Kier alpha value is -1.39. The Kier molecular flexibility index (Phi) is 5.66. The van der Waals surface area contributed by atoms with Crippen LogP contribution in [-0.2, 0) is 4.74 Å². The number of carbonyl (C=O) groups is 1. The van der Waals surface area contributed by atoms with Crippen molar-refractivity contribution in [3.8, 4) is 5.75 Å². The fourth-order valence-electron chi connectivity index (χ4n) is 1.46. The Morgan fingerprint density at radius 3 is 2.76 bits per heavy atom. The Labute approximate surface area is 102 Å². The molecule has 0 aromatic heterocycles. The van der Waals surface area contributed by atoms with Gasteiger partial charge in [0.15, 0.2) is 5.78 Å². The van der Waals surface area contributed by atoms with E-state index in [1.807, 2.05) is 13.0 Å². The number of carbonyl (C=O) groups excluding carboxylic acids is 1. The number of methoxy groups -OCH3 is 1. The van der Waals surface area contributed by atoms with Gasteiger partial charge in [-0.1, -0.05) is 19.1 Å². The minimum Gasteiger partial charge on any atom is -0.493 e. The summed E-state index contributed by atoms with van der Waals surface area (Å²) in [5.41, 5.74) is 6.25. The summed E-state index contributed by atoms with van der Waals surface area (Å²) < 4.78 is 10.4. The highest BCUT2D eigenvalue weighted by Crippen LogP contribution is 2.19. The van der Waals surface area contributed by atoms with Gasteiger partial charge in [0.05, 0.1) is 24.8 Å². The summed E-state index contributed by atoms with van der Waals surface area (Å²) in [5, 5.41) is 0. The second kappa shape index (κ2) is 7.04. The summed E-state index contributed by atoms with van der Waals surface area (Å²) in [6, 6.07) is 6.49. The van der Waals surface area contributed by atoms with Crippen LogP contribution in [0.25, 0.3) is 0 Å². The fraction of sp³-hybridized carbons (Fsp3) is 0.462. The van der Waals surface area contributed by atoms with Gasteiger partial charge in [-0.3, -0.25) is 4.79 Å². The SMILES string of the molecule is CCCOc1ccccc1C(=O)C(N)COC. The van der Waals surface area contributed by atoms with Crippen molar-refractivity contribution in [1.82, 2.24) is 0 Å². The van der Waals surface area contributed by atoms with Crippen molar-refractivity contribution in [3.63, 3.8) is 0 Å². The van der Waals surface area contributed by atoms with Crippen LogP contribution in [0, 0.1) is 0 Å². The Morgan fingerprint density at radius 1 is 1.41 bits per heavy atom. The molecule has 1 aromatic carbocycles. The van der Waals surface area contributed by atoms with E-state index in [1.165, 1.54) is 7.11 Å². The molecule has 1 unspecified atom stereocenters. The summed E-state index contributed by atoms with van der Waals surface area (Å²) in [6.45, 7) is 2.81. The summed E-state index contributed by atoms with van der Waals surface area (Å²) in [5.74, 6) is 0.435. The predicted molar refractivity (Wildman–Crippen MR) is 66.4 cm³/mol. The van der Waals surface area contributed by atoms with E-state index in [9.17, 15) is 4.79 Å². The zero-order valence-electron chi connectivity index (χ0n) is 10.3. The van der Waals surface area contributed by atoms with Crippen LogP contribution in [0.15, 0.2) is 24.3 Å². The number of ketones is 1. The fourth-order valence-corrected chi connectivity index (χ4v) is 1.46. The first-order chi connectivity index (χ1) is 8.20. The molecule has 0 spiro atoms. The zero-order chi connectivity index (χ0) is 12.7. The van der Waals surface area contributed by atoms with E-state index < -0.39 is 6.04 Å². The molecule has 1 atom stereocenters. The van der Waals surface area contributed by atoms with Crippen molar-refractivity contribution in [3.05, 3.63) is 29.8 Å². The van der Waals surface area contributed by atoms with Crippen LogP contribution in [0.4, 0.5) is 0 Å². The lowest BCUT2D eigenvalue weighted by Crippen LogP contribution is -2.35. The van der Waals surface area contributed by atoms with Gasteiger partial charge in [-0.05, 0) is 18.6 Å². The molecule has 0 bridgehead atoms. The molecule has 0 saturated carbocycles. The topological polar surface area (TPSA) is 61.5 Å². The monoisotopic (exact) mass is 237 g/mol. The van der Waals surface area contributed by atoms with Crippen molar-refractivity contribution in [2.24, 2.45) is 5.73 Å². The van der Waals surface area contributed by atoms with Crippen LogP contribution in [0.1, 0.15) is 23.7 Å². The first kappa shape index (κ1) is 13.7. The molecule has 1 aromatic rings.